The molecule has 0 radical (unpaired) electrons. The minimum Gasteiger partial charge on any atom is -0.485 e. The van der Waals surface area contributed by atoms with Gasteiger partial charge >= 0.3 is 0 Å². The zero-order valence-corrected chi connectivity index (χ0v) is 10.1. The van der Waals surface area contributed by atoms with Crippen molar-refractivity contribution in [1.82, 2.24) is 14.8 Å². The molecule has 1 heterocycles. The molecular weight excluding hydrogens is 230 g/mol. The zero-order chi connectivity index (χ0) is 13.0. The number of nitrogen functional groups attached to an aromatic ring is 1. The Bertz CT molecular complexity index is 549. The van der Waals surface area contributed by atoms with Crippen molar-refractivity contribution in [1.29, 1.82) is 5.41 Å². The van der Waals surface area contributed by atoms with Crippen molar-refractivity contribution in [3.63, 3.8) is 0 Å². The highest BCUT2D eigenvalue weighted by atomic mass is 16.5. The number of nitrogens with zero attached hydrogens (tertiary/aromatic N) is 3. The lowest BCUT2D eigenvalue weighted by Gasteiger charge is -2.10. The van der Waals surface area contributed by atoms with Gasteiger partial charge in [0.2, 0.25) is 0 Å². The van der Waals surface area contributed by atoms with Gasteiger partial charge in [-0.05, 0) is 19.1 Å². The van der Waals surface area contributed by atoms with Gasteiger partial charge in [-0.3, -0.25) is 5.41 Å². The van der Waals surface area contributed by atoms with Crippen LogP contribution in [0.4, 0.5) is 0 Å². The third kappa shape index (κ3) is 2.48. The molecule has 0 spiro atoms. The fourth-order valence-electron chi connectivity index (χ4n) is 1.62. The maximum Gasteiger partial charge on any atom is 0.164 e. The highest BCUT2D eigenvalue weighted by molar-refractivity contribution is 5.97. The summed E-state index contributed by atoms with van der Waals surface area (Å²) in [5.41, 5.74) is 6.07. The molecule has 0 aliphatic carbocycles. The Balaban J connectivity index is 2.13. The largest absolute Gasteiger partial charge is 0.485 e. The van der Waals surface area contributed by atoms with Gasteiger partial charge in [0.05, 0.1) is 5.56 Å². The molecule has 1 aromatic carbocycles. The summed E-state index contributed by atoms with van der Waals surface area (Å²) in [5.74, 6) is 1.31. The fourth-order valence-corrected chi connectivity index (χ4v) is 1.62. The lowest BCUT2D eigenvalue weighted by Crippen LogP contribution is -2.14. The molecule has 0 unspecified atom stereocenters. The summed E-state index contributed by atoms with van der Waals surface area (Å²) in [4.78, 5) is 4.12. The van der Waals surface area contributed by atoms with Crippen LogP contribution in [0.3, 0.4) is 0 Å². The third-order valence-corrected chi connectivity index (χ3v) is 2.53. The molecule has 0 saturated carbocycles. The van der Waals surface area contributed by atoms with E-state index in [1.807, 2.05) is 19.1 Å². The van der Waals surface area contributed by atoms with Crippen LogP contribution < -0.4 is 10.5 Å². The maximum absolute atomic E-state index is 7.47. The maximum atomic E-state index is 7.47. The van der Waals surface area contributed by atoms with Crippen molar-refractivity contribution in [2.45, 2.75) is 20.1 Å². The fraction of sp³-hybridized carbons (Fsp3) is 0.250. The molecule has 0 saturated heterocycles. The van der Waals surface area contributed by atoms with Crippen LogP contribution in [-0.2, 0) is 13.2 Å². The average Bonchev–Trinajstić information content (AvgIpc) is 2.84. The number of amidine groups is 1. The summed E-state index contributed by atoms with van der Waals surface area (Å²) >= 11 is 0. The van der Waals surface area contributed by atoms with Crippen LogP contribution in [0.2, 0.25) is 0 Å². The van der Waals surface area contributed by atoms with E-state index in [1.54, 1.807) is 16.8 Å². The minimum atomic E-state index is -0.0115. The van der Waals surface area contributed by atoms with E-state index in [4.69, 9.17) is 15.9 Å². The number of aromatic nitrogens is 3. The van der Waals surface area contributed by atoms with Gasteiger partial charge in [-0.25, -0.2) is 9.67 Å². The number of nitrogens with one attached hydrogen (secondary N) is 1. The van der Waals surface area contributed by atoms with Crippen LogP contribution in [0.25, 0.3) is 0 Å². The Kier molecular flexibility index (Phi) is 3.57. The van der Waals surface area contributed by atoms with Crippen molar-refractivity contribution in [2.75, 3.05) is 0 Å². The van der Waals surface area contributed by atoms with E-state index in [0.29, 0.717) is 17.9 Å². The predicted molar refractivity (Wildman–Crippen MR) is 67.5 cm³/mol. The summed E-state index contributed by atoms with van der Waals surface area (Å²) in [7, 11) is 0. The molecule has 2 rings (SSSR count). The van der Waals surface area contributed by atoms with Crippen molar-refractivity contribution in [3.8, 4) is 5.75 Å². The van der Waals surface area contributed by atoms with Crippen LogP contribution in [0.5, 0.6) is 5.75 Å². The molecule has 0 amide bonds. The molecule has 94 valence electrons. The van der Waals surface area contributed by atoms with Gasteiger partial charge in [-0.2, -0.15) is 5.10 Å². The number of rotatable bonds is 5. The van der Waals surface area contributed by atoms with Gasteiger partial charge in [0.15, 0.2) is 5.82 Å². The topological polar surface area (TPSA) is 89.8 Å². The normalized spacial score (nSPS) is 10.3. The van der Waals surface area contributed by atoms with Gasteiger partial charge in [-0.1, -0.05) is 12.1 Å². The molecule has 18 heavy (non-hydrogen) atoms. The summed E-state index contributed by atoms with van der Waals surface area (Å²) in [6, 6.07) is 7.19. The summed E-state index contributed by atoms with van der Waals surface area (Å²) in [5, 5.41) is 11.5. The highest BCUT2D eigenvalue weighted by Gasteiger charge is 2.08. The second-order valence-corrected chi connectivity index (χ2v) is 3.69. The minimum absolute atomic E-state index is 0.0115. The van der Waals surface area contributed by atoms with E-state index in [0.717, 1.165) is 12.4 Å². The molecule has 0 bridgehead atoms. The molecule has 3 N–H and O–H groups in total. The first-order valence-electron chi connectivity index (χ1n) is 5.65. The molecule has 0 aliphatic rings. The van der Waals surface area contributed by atoms with Crippen LogP contribution in [-0.4, -0.2) is 20.6 Å². The Morgan fingerprint density at radius 3 is 2.94 bits per heavy atom. The van der Waals surface area contributed by atoms with E-state index >= 15 is 0 Å². The first-order chi connectivity index (χ1) is 8.72. The third-order valence-electron chi connectivity index (χ3n) is 2.53. The Morgan fingerprint density at radius 2 is 2.22 bits per heavy atom. The average molecular weight is 245 g/mol. The molecule has 0 aliphatic heterocycles. The molecule has 1 aromatic heterocycles. The standard InChI is InChI=1S/C12H15N5O/c1-2-17-11(15-8-16-17)7-18-10-6-4-3-5-9(10)12(13)14/h3-6,8H,2,7H2,1H3,(H3,13,14). The lowest BCUT2D eigenvalue weighted by atomic mass is 10.2. The summed E-state index contributed by atoms with van der Waals surface area (Å²) < 4.78 is 7.40. The number of para-hydroxylation sites is 1. The Morgan fingerprint density at radius 1 is 1.44 bits per heavy atom. The number of hydrogen-bond donors (Lipinski definition) is 2. The zero-order valence-electron chi connectivity index (χ0n) is 10.1. The molecule has 6 heteroatoms. The van der Waals surface area contributed by atoms with Gasteiger partial charge in [0.1, 0.15) is 24.5 Å². The van der Waals surface area contributed by atoms with Crippen LogP contribution in [0, 0.1) is 5.41 Å². The van der Waals surface area contributed by atoms with Crippen molar-refractivity contribution >= 4 is 5.84 Å². The van der Waals surface area contributed by atoms with Crippen molar-refractivity contribution in [3.05, 3.63) is 42.0 Å². The molecule has 6 nitrogen and oxygen atoms in total. The van der Waals surface area contributed by atoms with Gasteiger partial charge in [-0.15, -0.1) is 0 Å². The monoisotopic (exact) mass is 245 g/mol. The summed E-state index contributed by atoms with van der Waals surface area (Å²) in [6.07, 6.45) is 1.50. The number of nitrogens with two attached hydrogens (primary N) is 1. The number of hydrogen-bond acceptors (Lipinski definition) is 4. The molecule has 0 fully saturated rings. The van der Waals surface area contributed by atoms with Crippen LogP contribution >= 0.6 is 0 Å². The summed E-state index contributed by atoms with van der Waals surface area (Å²) in [6.45, 7) is 3.03. The second-order valence-electron chi connectivity index (χ2n) is 3.69. The quantitative estimate of drug-likeness (QED) is 0.611. The van der Waals surface area contributed by atoms with Crippen molar-refractivity contribution < 1.29 is 4.74 Å². The number of ether oxygens (including phenoxy) is 1. The molecule has 0 atom stereocenters. The van der Waals surface area contributed by atoms with Crippen LogP contribution in [0.15, 0.2) is 30.6 Å². The first kappa shape index (κ1) is 12.1. The number of aryl methyl sites for hydroxylation is 1. The van der Waals surface area contributed by atoms with E-state index in [-0.39, 0.29) is 5.84 Å². The SMILES string of the molecule is CCn1ncnc1COc1ccccc1C(=N)N. The van der Waals surface area contributed by atoms with Gasteiger partial charge in [0, 0.05) is 6.54 Å². The van der Waals surface area contributed by atoms with Crippen LogP contribution in [0.1, 0.15) is 18.3 Å². The van der Waals surface area contributed by atoms with Crippen molar-refractivity contribution in [2.24, 2.45) is 5.73 Å². The Labute approximate surface area is 105 Å². The van der Waals surface area contributed by atoms with Gasteiger partial charge < -0.3 is 10.5 Å². The predicted octanol–water partition coefficient (Wildman–Crippen LogP) is 1.16. The first-order valence-corrected chi connectivity index (χ1v) is 5.65. The smallest absolute Gasteiger partial charge is 0.164 e. The van der Waals surface area contributed by atoms with E-state index in [2.05, 4.69) is 10.1 Å². The second kappa shape index (κ2) is 5.31. The Hall–Kier alpha value is -2.37. The highest BCUT2D eigenvalue weighted by Crippen LogP contribution is 2.18. The molecular formula is C12H15N5O. The van der Waals surface area contributed by atoms with Gasteiger partial charge in [0.25, 0.3) is 0 Å². The lowest BCUT2D eigenvalue weighted by molar-refractivity contribution is 0.286. The van der Waals surface area contributed by atoms with E-state index in [1.165, 1.54) is 6.33 Å². The van der Waals surface area contributed by atoms with E-state index < -0.39 is 0 Å². The van der Waals surface area contributed by atoms with E-state index in [9.17, 15) is 0 Å². The molecule has 2 aromatic rings. The number of benzene rings is 1.